The Morgan fingerprint density at radius 2 is 2.00 bits per heavy atom. The summed E-state index contributed by atoms with van der Waals surface area (Å²) in [4.78, 5) is 3.72. The van der Waals surface area contributed by atoms with Crippen molar-refractivity contribution in [1.29, 1.82) is 0 Å². The van der Waals surface area contributed by atoms with Crippen LogP contribution in [0, 0.1) is 0 Å². The van der Waals surface area contributed by atoms with Crippen LogP contribution in [0.5, 0.6) is 0 Å². The smallest absolute Gasteiger partial charge is 0.367 e. The summed E-state index contributed by atoms with van der Waals surface area (Å²) in [6.45, 7) is 0.177. The summed E-state index contributed by atoms with van der Waals surface area (Å²) in [6, 6.07) is 4.17. The second-order valence-corrected chi connectivity index (χ2v) is 9.53. The third kappa shape index (κ3) is 3.64. The van der Waals surface area contributed by atoms with Gasteiger partial charge in [-0.25, -0.2) is 10.1 Å². The standard InChI is InChI=1S/C17H19F3N8O2S/c18-17(19,20)13-7-14(28-15(24-13)6-12(25-28)11-2-3-11)22-8-16(27-5-1-4-23-27)9-26(10-16)31(21,29)30/h1,4-7,11,22H,2-3,8-10H2,(H2,21,29,30). The van der Waals surface area contributed by atoms with Crippen LogP contribution in [0.4, 0.5) is 19.0 Å². The van der Waals surface area contributed by atoms with Crippen LogP contribution in [0.2, 0.25) is 0 Å². The summed E-state index contributed by atoms with van der Waals surface area (Å²) in [5, 5.41) is 16.8. The lowest BCUT2D eigenvalue weighted by Gasteiger charge is -2.48. The quantitative estimate of drug-likeness (QED) is 0.574. The zero-order valence-corrected chi connectivity index (χ0v) is 16.9. The zero-order valence-electron chi connectivity index (χ0n) is 16.1. The number of nitrogens with one attached hydrogen (secondary N) is 1. The summed E-state index contributed by atoms with van der Waals surface area (Å²) in [5.41, 5.74) is -1.03. The molecule has 3 aromatic rings. The molecule has 0 bridgehead atoms. The van der Waals surface area contributed by atoms with Gasteiger partial charge in [-0.1, -0.05) is 0 Å². The van der Waals surface area contributed by atoms with Gasteiger partial charge in [0.2, 0.25) is 0 Å². The summed E-state index contributed by atoms with van der Waals surface area (Å²) in [6.07, 6.45) is 0.492. The lowest BCUT2D eigenvalue weighted by molar-refractivity contribution is -0.141. The van der Waals surface area contributed by atoms with E-state index in [2.05, 4.69) is 20.5 Å². The number of hydrogen-bond acceptors (Lipinski definition) is 6. The van der Waals surface area contributed by atoms with E-state index in [4.69, 9.17) is 5.14 Å². The first-order valence-electron chi connectivity index (χ1n) is 9.55. The first-order chi connectivity index (χ1) is 14.6. The van der Waals surface area contributed by atoms with Gasteiger partial charge in [0.15, 0.2) is 11.3 Å². The molecule has 10 nitrogen and oxygen atoms in total. The second kappa shape index (κ2) is 6.64. The Kier molecular flexibility index (Phi) is 4.33. The van der Waals surface area contributed by atoms with E-state index in [1.165, 1.54) is 4.52 Å². The highest BCUT2D eigenvalue weighted by atomic mass is 32.2. The Morgan fingerprint density at radius 1 is 1.26 bits per heavy atom. The number of anilines is 1. The number of hydrogen-bond donors (Lipinski definition) is 2. The van der Waals surface area contributed by atoms with Gasteiger partial charge in [-0.2, -0.15) is 40.6 Å². The number of halogens is 3. The van der Waals surface area contributed by atoms with Crippen molar-refractivity contribution in [3.63, 3.8) is 0 Å². The highest BCUT2D eigenvalue weighted by molar-refractivity contribution is 7.86. The molecule has 31 heavy (non-hydrogen) atoms. The van der Waals surface area contributed by atoms with Crippen LogP contribution in [0.1, 0.15) is 30.1 Å². The van der Waals surface area contributed by atoms with E-state index in [0.29, 0.717) is 5.69 Å². The molecule has 0 radical (unpaired) electrons. The zero-order chi connectivity index (χ0) is 22.0. The maximum absolute atomic E-state index is 13.4. The monoisotopic (exact) mass is 456 g/mol. The minimum absolute atomic E-state index is 0.0350. The summed E-state index contributed by atoms with van der Waals surface area (Å²) >= 11 is 0. The highest BCUT2D eigenvalue weighted by Gasteiger charge is 2.49. The molecule has 2 fully saturated rings. The van der Waals surface area contributed by atoms with Gasteiger partial charge in [0.1, 0.15) is 11.4 Å². The van der Waals surface area contributed by atoms with Crippen LogP contribution in [0.15, 0.2) is 30.6 Å². The lowest BCUT2D eigenvalue weighted by Crippen LogP contribution is -2.68. The molecule has 0 amide bonds. The van der Waals surface area contributed by atoms with Crippen molar-refractivity contribution in [2.45, 2.75) is 30.5 Å². The van der Waals surface area contributed by atoms with E-state index in [0.717, 1.165) is 23.2 Å². The van der Waals surface area contributed by atoms with E-state index >= 15 is 0 Å². The minimum Gasteiger partial charge on any atom is -0.367 e. The SMILES string of the molecule is NS(=O)(=O)N1CC(CNc2cc(C(F)(F)F)nc3cc(C4CC4)nn23)(n2cccn2)C1. The van der Waals surface area contributed by atoms with Crippen LogP contribution in [-0.2, 0) is 21.9 Å². The van der Waals surface area contributed by atoms with Crippen molar-refractivity contribution in [2.75, 3.05) is 25.0 Å². The molecule has 14 heteroatoms. The van der Waals surface area contributed by atoms with Crippen molar-refractivity contribution in [3.8, 4) is 0 Å². The number of nitrogens with zero attached hydrogens (tertiary/aromatic N) is 6. The molecule has 0 spiro atoms. The molecule has 2 aliphatic rings. The first kappa shape index (κ1) is 20.2. The van der Waals surface area contributed by atoms with Crippen molar-refractivity contribution < 1.29 is 21.6 Å². The Labute approximate surface area is 175 Å². The molecule has 0 aromatic carbocycles. The number of alkyl halides is 3. The van der Waals surface area contributed by atoms with Gasteiger partial charge in [-0.3, -0.25) is 4.68 Å². The maximum atomic E-state index is 13.4. The van der Waals surface area contributed by atoms with Gasteiger partial charge in [-0.15, -0.1) is 0 Å². The molecule has 5 rings (SSSR count). The normalized spacial score (nSPS) is 19.5. The Balaban J connectivity index is 1.49. The van der Waals surface area contributed by atoms with Crippen LogP contribution in [-0.4, -0.2) is 56.7 Å². The van der Waals surface area contributed by atoms with Gasteiger partial charge in [0, 0.05) is 50.1 Å². The number of fused-ring (bicyclic) bond motifs is 1. The summed E-state index contributed by atoms with van der Waals surface area (Å²) in [5.74, 6) is 0.360. The average molecular weight is 456 g/mol. The fourth-order valence-corrected chi connectivity index (χ4v) is 4.61. The lowest BCUT2D eigenvalue weighted by atomic mass is 9.92. The predicted molar refractivity (Wildman–Crippen MR) is 103 cm³/mol. The molecule has 1 aliphatic carbocycles. The maximum Gasteiger partial charge on any atom is 0.433 e. The van der Waals surface area contributed by atoms with Crippen molar-refractivity contribution in [3.05, 3.63) is 42.0 Å². The van der Waals surface area contributed by atoms with E-state index in [1.807, 2.05) is 0 Å². The molecule has 1 aliphatic heterocycles. The Morgan fingerprint density at radius 3 is 2.58 bits per heavy atom. The third-order valence-electron chi connectivity index (χ3n) is 5.62. The molecular formula is C17H19F3N8O2S. The molecule has 3 aromatic heterocycles. The largest absolute Gasteiger partial charge is 0.433 e. The van der Waals surface area contributed by atoms with Crippen LogP contribution >= 0.6 is 0 Å². The Bertz CT molecular complexity index is 1230. The molecular weight excluding hydrogens is 437 g/mol. The molecule has 1 saturated carbocycles. The van der Waals surface area contributed by atoms with Crippen LogP contribution < -0.4 is 10.5 Å². The highest BCUT2D eigenvalue weighted by Crippen LogP contribution is 2.40. The van der Waals surface area contributed by atoms with E-state index in [9.17, 15) is 21.6 Å². The van der Waals surface area contributed by atoms with Gasteiger partial charge in [0.25, 0.3) is 10.2 Å². The molecule has 166 valence electrons. The topological polar surface area (TPSA) is 123 Å². The number of nitrogens with two attached hydrogens (primary N) is 1. The predicted octanol–water partition coefficient (Wildman–Crippen LogP) is 1.15. The number of rotatable bonds is 6. The van der Waals surface area contributed by atoms with E-state index in [1.54, 1.807) is 29.2 Å². The molecule has 1 saturated heterocycles. The fraction of sp³-hybridized carbons (Fsp3) is 0.471. The van der Waals surface area contributed by atoms with Crippen LogP contribution in [0.25, 0.3) is 5.65 Å². The molecule has 0 unspecified atom stereocenters. The van der Waals surface area contributed by atoms with Gasteiger partial charge in [0.05, 0.1) is 5.69 Å². The van der Waals surface area contributed by atoms with E-state index in [-0.39, 0.29) is 37.0 Å². The average Bonchev–Trinajstić information content (AvgIpc) is 3.16. The van der Waals surface area contributed by atoms with Gasteiger partial charge in [-0.05, 0) is 18.9 Å². The molecule has 3 N–H and O–H groups in total. The van der Waals surface area contributed by atoms with E-state index < -0.39 is 27.6 Å². The van der Waals surface area contributed by atoms with Crippen molar-refractivity contribution >= 4 is 21.7 Å². The number of aromatic nitrogens is 5. The fourth-order valence-electron chi connectivity index (χ4n) is 3.77. The summed E-state index contributed by atoms with van der Waals surface area (Å²) < 4.78 is 67.6. The molecule has 4 heterocycles. The van der Waals surface area contributed by atoms with Crippen molar-refractivity contribution in [1.82, 2.24) is 28.7 Å². The first-order valence-corrected chi connectivity index (χ1v) is 11.1. The van der Waals surface area contributed by atoms with Crippen LogP contribution in [0.3, 0.4) is 0 Å². The third-order valence-corrected chi connectivity index (χ3v) is 6.60. The Hall–Kier alpha value is -2.71. The second-order valence-electron chi connectivity index (χ2n) is 7.98. The van der Waals surface area contributed by atoms with Crippen molar-refractivity contribution in [2.24, 2.45) is 5.14 Å². The van der Waals surface area contributed by atoms with Gasteiger partial charge >= 0.3 is 6.18 Å². The molecule has 0 atom stereocenters. The minimum atomic E-state index is -4.62. The summed E-state index contributed by atoms with van der Waals surface area (Å²) in [7, 11) is -3.88. The van der Waals surface area contributed by atoms with Gasteiger partial charge < -0.3 is 5.32 Å².